The molecule has 0 radical (unpaired) electrons. The number of nitrogens with two attached hydrogens (primary N) is 1. The van der Waals surface area contributed by atoms with Crippen molar-refractivity contribution in [3.63, 3.8) is 0 Å². The van der Waals surface area contributed by atoms with Crippen LogP contribution in [0.15, 0.2) is 28.4 Å². The minimum absolute atomic E-state index is 0.150. The number of allylic oxidation sites excluding steroid dienone is 2. The summed E-state index contributed by atoms with van der Waals surface area (Å²) < 4.78 is 13.4. The van der Waals surface area contributed by atoms with Crippen LogP contribution >= 0.6 is 0 Å². The maximum absolute atomic E-state index is 13.4. The van der Waals surface area contributed by atoms with Crippen LogP contribution in [-0.4, -0.2) is 26.1 Å². The van der Waals surface area contributed by atoms with Gasteiger partial charge in [-0.2, -0.15) is 0 Å². The van der Waals surface area contributed by atoms with Gasteiger partial charge in [0.05, 0.1) is 5.70 Å². The second-order valence-corrected chi connectivity index (χ2v) is 3.89. The largest absolute Gasteiger partial charge is 0.316 e. The molecule has 0 heterocycles. The number of rotatable bonds is 7. The van der Waals surface area contributed by atoms with E-state index in [9.17, 15) is 4.39 Å². The zero-order chi connectivity index (χ0) is 12.6. The predicted octanol–water partition coefficient (Wildman–Crippen LogP) is 2.16. The third-order valence-electron chi connectivity index (χ3n) is 2.12. The first-order valence-corrected chi connectivity index (χ1v) is 5.45. The molecule has 0 aliphatic rings. The van der Waals surface area contributed by atoms with E-state index in [-0.39, 0.29) is 5.70 Å². The topological polar surface area (TPSA) is 50.4 Å². The molecule has 0 spiro atoms. The van der Waals surface area contributed by atoms with Crippen molar-refractivity contribution in [1.82, 2.24) is 5.32 Å². The molecular weight excluding hydrogens is 205 g/mol. The Kier molecular flexibility index (Phi) is 6.85. The minimum atomic E-state index is -1.94. The van der Waals surface area contributed by atoms with Crippen molar-refractivity contribution in [3.8, 4) is 0 Å². The molecule has 16 heavy (non-hydrogen) atoms. The van der Waals surface area contributed by atoms with Gasteiger partial charge in [0.15, 0.2) is 5.79 Å². The van der Waals surface area contributed by atoms with Gasteiger partial charge in [0, 0.05) is 6.54 Å². The van der Waals surface area contributed by atoms with E-state index < -0.39 is 5.79 Å². The van der Waals surface area contributed by atoms with Crippen molar-refractivity contribution in [2.75, 3.05) is 13.6 Å². The molecule has 0 aromatic heterocycles. The van der Waals surface area contributed by atoms with Gasteiger partial charge in [-0.1, -0.05) is 25.0 Å². The molecule has 0 aromatic carbocycles. The molecule has 0 aromatic rings. The Hall–Kier alpha value is -1.00. The van der Waals surface area contributed by atoms with Gasteiger partial charge in [0.25, 0.3) is 0 Å². The number of alkyl halides is 1. The fraction of sp³-hybridized carbons (Fsp3) is 0.583. The summed E-state index contributed by atoms with van der Waals surface area (Å²) in [5.41, 5.74) is 6.65. The fourth-order valence-corrected chi connectivity index (χ4v) is 1.35. The lowest BCUT2D eigenvalue weighted by molar-refractivity contribution is 0.248. The molecule has 1 atom stereocenters. The average Bonchev–Trinajstić information content (AvgIpc) is 2.17. The van der Waals surface area contributed by atoms with Crippen LogP contribution in [0, 0.1) is 0 Å². The zero-order valence-corrected chi connectivity index (χ0v) is 10.4. The zero-order valence-electron chi connectivity index (χ0n) is 10.4. The van der Waals surface area contributed by atoms with E-state index in [4.69, 9.17) is 5.73 Å². The first kappa shape index (κ1) is 15.0. The quantitative estimate of drug-likeness (QED) is 0.398. The molecule has 0 fully saturated rings. The third kappa shape index (κ3) is 5.78. The highest BCUT2D eigenvalue weighted by molar-refractivity contribution is 5.33. The molecule has 0 amide bonds. The number of halogens is 1. The van der Waals surface area contributed by atoms with Crippen molar-refractivity contribution in [2.45, 2.75) is 32.5 Å². The fourth-order valence-electron chi connectivity index (χ4n) is 1.35. The first-order valence-electron chi connectivity index (χ1n) is 5.45. The summed E-state index contributed by atoms with van der Waals surface area (Å²) in [6.45, 7) is 7.46. The van der Waals surface area contributed by atoms with Gasteiger partial charge in [-0.25, -0.2) is 4.39 Å². The van der Waals surface area contributed by atoms with E-state index in [1.54, 1.807) is 6.08 Å². The summed E-state index contributed by atoms with van der Waals surface area (Å²) in [5, 5.41) is 3.06. The van der Waals surface area contributed by atoms with E-state index in [2.05, 4.69) is 24.0 Å². The molecule has 3 N–H and O–H groups in total. The van der Waals surface area contributed by atoms with Crippen LogP contribution in [0.25, 0.3) is 0 Å². The molecule has 3 nitrogen and oxygen atoms in total. The van der Waals surface area contributed by atoms with Crippen LogP contribution in [0.4, 0.5) is 4.39 Å². The number of nitrogens with one attached hydrogen (secondary N) is 1. The lowest BCUT2D eigenvalue weighted by Crippen LogP contribution is -2.31. The lowest BCUT2D eigenvalue weighted by atomic mass is 10.1. The standard InChI is InChI=1S/C12H22FN3/c1-5-6-10(9-15-3)7-8-11(16-4)12(2,13)14/h7-8,15H,4-6,9,14H2,1-3H3/b10-7+,11-8-. The second kappa shape index (κ2) is 7.30. The van der Waals surface area contributed by atoms with E-state index >= 15 is 0 Å². The summed E-state index contributed by atoms with van der Waals surface area (Å²) >= 11 is 0. The van der Waals surface area contributed by atoms with Crippen molar-refractivity contribution in [1.29, 1.82) is 0 Å². The monoisotopic (exact) mass is 227 g/mol. The summed E-state index contributed by atoms with van der Waals surface area (Å²) in [4.78, 5) is 3.60. The van der Waals surface area contributed by atoms with Gasteiger partial charge in [-0.05, 0) is 33.2 Å². The number of hydrogen-bond donors (Lipinski definition) is 2. The van der Waals surface area contributed by atoms with Crippen molar-refractivity contribution in [3.05, 3.63) is 23.4 Å². The molecule has 0 saturated heterocycles. The Labute approximate surface area is 97.3 Å². The van der Waals surface area contributed by atoms with Gasteiger partial charge >= 0.3 is 0 Å². The first-order chi connectivity index (χ1) is 7.45. The van der Waals surface area contributed by atoms with Gasteiger partial charge in [0.1, 0.15) is 0 Å². The van der Waals surface area contributed by atoms with E-state index in [0.717, 1.165) is 19.4 Å². The summed E-state index contributed by atoms with van der Waals surface area (Å²) in [6, 6.07) is 0. The molecule has 0 aliphatic heterocycles. The highest BCUT2D eigenvalue weighted by Gasteiger charge is 2.20. The average molecular weight is 227 g/mol. The summed E-state index contributed by atoms with van der Waals surface area (Å²) in [6.07, 6.45) is 5.47. The summed E-state index contributed by atoms with van der Waals surface area (Å²) in [5.74, 6) is -1.94. The van der Waals surface area contributed by atoms with Gasteiger partial charge in [-0.3, -0.25) is 10.7 Å². The van der Waals surface area contributed by atoms with Gasteiger partial charge in [-0.15, -0.1) is 0 Å². The number of aliphatic imine (C=N–C) groups is 1. The van der Waals surface area contributed by atoms with Crippen molar-refractivity contribution in [2.24, 2.45) is 10.7 Å². The normalized spacial score (nSPS) is 17.1. The summed E-state index contributed by atoms with van der Waals surface area (Å²) in [7, 11) is 1.88. The second-order valence-electron chi connectivity index (χ2n) is 3.89. The molecule has 0 rings (SSSR count). The van der Waals surface area contributed by atoms with Crippen LogP contribution < -0.4 is 11.1 Å². The molecule has 0 aliphatic carbocycles. The van der Waals surface area contributed by atoms with Crippen LogP contribution in [0.5, 0.6) is 0 Å². The Bertz CT molecular complexity index is 266. The third-order valence-corrected chi connectivity index (χ3v) is 2.12. The van der Waals surface area contributed by atoms with Gasteiger partial charge in [0.2, 0.25) is 0 Å². The Balaban J connectivity index is 4.81. The van der Waals surface area contributed by atoms with E-state index in [1.807, 2.05) is 13.1 Å². The van der Waals surface area contributed by atoms with Crippen LogP contribution in [-0.2, 0) is 0 Å². The Morgan fingerprint density at radius 1 is 1.56 bits per heavy atom. The molecule has 0 bridgehead atoms. The molecule has 1 unspecified atom stereocenters. The number of hydrogen-bond acceptors (Lipinski definition) is 3. The van der Waals surface area contributed by atoms with Crippen molar-refractivity contribution >= 4 is 6.72 Å². The lowest BCUT2D eigenvalue weighted by Gasteiger charge is -2.14. The van der Waals surface area contributed by atoms with Crippen molar-refractivity contribution < 1.29 is 4.39 Å². The highest BCUT2D eigenvalue weighted by atomic mass is 19.1. The maximum atomic E-state index is 13.4. The van der Waals surface area contributed by atoms with E-state index in [0.29, 0.717) is 0 Å². The number of likely N-dealkylation sites (N-methyl/N-ethyl adjacent to an activating group) is 1. The predicted molar refractivity (Wildman–Crippen MR) is 68.3 cm³/mol. The van der Waals surface area contributed by atoms with Crippen LogP contribution in [0.3, 0.4) is 0 Å². The van der Waals surface area contributed by atoms with E-state index in [1.165, 1.54) is 12.5 Å². The van der Waals surface area contributed by atoms with Gasteiger partial charge < -0.3 is 5.32 Å². The molecular formula is C12H22FN3. The minimum Gasteiger partial charge on any atom is -0.316 e. The molecule has 4 heteroatoms. The van der Waals surface area contributed by atoms with Crippen LogP contribution in [0.1, 0.15) is 26.7 Å². The SMILES string of the molecule is C=N/C(=C\C=C(/CCC)CNC)C(C)(N)F. The molecule has 0 saturated carbocycles. The Morgan fingerprint density at radius 3 is 2.56 bits per heavy atom. The number of nitrogens with zero attached hydrogens (tertiary/aromatic N) is 1. The maximum Gasteiger partial charge on any atom is 0.198 e. The van der Waals surface area contributed by atoms with Crippen LogP contribution in [0.2, 0.25) is 0 Å². The molecule has 92 valence electrons. The Morgan fingerprint density at radius 2 is 2.19 bits per heavy atom. The highest BCUT2D eigenvalue weighted by Crippen LogP contribution is 2.16. The smallest absolute Gasteiger partial charge is 0.198 e.